The van der Waals surface area contributed by atoms with E-state index in [2.05, 4.69) is 15.5 Å². The number of hydrogen-bond donors (Lipinski definition) is 1. The number of nitrogens with zero attached hydrogens (tertiary/aromatic N) is 3. The van der Waals surface area contributed by atoms with E-state index in [9.17, 15) is 18.3 Å². The highest BCUT2D eigenvalue weighted by molar-refractivity contribution is 7.90. The fourth-order valence-corrected chi connectivity index (χ4v) is 6.34. The molecule has 7 nitrogen and oxygen atoms in total. The Labute approximate surface area is 201 Å². The Kier molecular flexibility index (Phi) is 7.27. The number of aliphatic hydroxyl groups excluding tert-OH is 1. The molecule has 2 atom stereocenters. The van der Waals surface area contributed by atoms with Gasteiger partial charge in [0.1, 0.15) is 9.84 Å². The van der Waals surface area contributed by atoms with E-state index in [1.165, 1.54) is 6.26 Å². The number of carbonyl (C=O) groups is 1. The summed E-state index contributed by atoms with van der Waals surface area (Å²) in [4.78, 5) is 15.7. The van der Waals surface area contributed by atoms with Crippen molar-refractivity contribution in [2.45, 2.75) is 70.1 Å². The summed E-state index contributed by atoms with van der Waals surface area (Å²) in [5, 5.41) is 19.2. The highest BCUT2D eigenvalue weighted by Crippen LogP contribution is 2.36. The number of aromatic nitrogens is 1. The molecule has 0 unspecified atom stereocenters. The molecule has 0 spiro atoms. The first-order valence-electron chi connectivity index (χ1n) is 12.0. The minimum absolute atomic E-state index is 0.0792. The second-order valence-electron chi connectivity index (χ2n) is 9.82. The number of fused-ring (bicyclic) bond motifs is 2. The van der Waals surface area contributed by atoms with Crippen LogP contribution in [0.3, 0.4) is 0 Å². The maximum Gasteiger partial charge on any atom is 0.178 e. The molecule has 0 saturated carbocycles. The molecule has 2 saturated heterocycles. The first-order valence-corrected chi connectivity index (χ1v) is 14.1. The fraction of sp³-hybridized carbons (Fsp3) is 0.538. The maximum atomic E-state index is 13.5. The molecule has 4 rings (SSSR count). The van der Waals surface area contributed by atoms with Crippen LogP contribution in [-0.2, 0) is 16.3 Å². The minimum atomic E-state index is -3.00. The summed E-state index contributed by atoms with van der Waals surface area (Å²) in [5.41, 5.74) is 3.97. The fourth-order valence-electron chi connectivity index (χ4n) is 5.61. The zero-order chi connectivity index (χ0) is 24.5. The van der Waals surface area contributed by atoms with Gasteiger partial charge in [-0.2, -0.15) is 5.26 Å². The Balaban J connectivity index is 1.58. The lowest BCUT2D eigenvalue weighted by Crippen LogP contribution is -2.46. The molecule has 2 aliphatic heterocycles. The maximum absolute atomic E-state index is 13.5. The van der Waals surface area contributed by atoms with Crippen LogP contribution in [-0.4, -0.2) is 65.5 Å². The molecule has 3 heterocycles. The van der Waals surface area contributed by atoms with Gasteiger partial charge in [-0.1, -0.05) is 0 Å². The van der Waals surface area contributed by atoms with Crippen molar-refractivity contribution < 1.29 is 18.3 Å². The van der Waals surface area contributed by atoms with E-state index in [4.69, 9.17) is 5.26 Å². The highest BCUT2D eigenvalue weighted by Gasteiger charge is 2.41. The molecular weight excluding hydrogens is 450 g/mol. The van der Waals surface area contributed by atoms with Crippen molar-refractivity contribution in [2.75, 3.05) is 18.6 Å². The SMILES string of the molecule is Cc1c(C(=O)CN2[C@@H]3CC[C@@H]2CC(O)C3)cc(CCCCS(C)(=O)=O)n1-c1ccc(C#N)cc1. The molecule has 2 aliphatic rings. The molecule has 182 valence electrons. The summed E-state index contributed by atoms with van der Waals surface area (Å²) < 4.78 is 25.1. The van der Waals surface area contributed by atoms with Crippen molar-refractivity contribution in [3.63, 3.8) is 0 Å². The van der Waals surface area contributed by atoms with Crippen molar-refractivity contribution in [3.05, 3.63) is 52.8 Å². The van der Waals surface area contributed by atoms with Crippen LogP contribution in [0.5, 0.6) is 0 Å². The lowest BCUT2D eigenvalue weighted by molar-refractivity contribution is 0.0344. The third-order valence-corrected chi connectivity index (χ3v) is 8.29. The van der Waals surface area contributed by atoms with Crippen LogP contribution < -0.4 is 0 Å². The molecule has 34 heavy (non-hydrogen) atoms. The Morgan fingerprint density at radius 3 is 2.38 bits per heavy atom. The molecule has 2 aromatic rings. The van der Waals surface area contributed by atoms with E-state index >= 15 is 0 Å². The van der Waals surface area contributed by atoms with Crippen molar-refractivity contribution in [2.24, 2.45) is 0 Å². The number of Topliss-reactive ketones (excluding diaryl/α,β-unsaturated/α-hetero) is 1. The summed E-state index contributed by atoms with van der Waals surface area (Å²) in [7, 11) is -3.00. The van der Waals surface area contributed by atoms with Gasteiger partial charge in [0.05, 0.1) is 24.3 Å². The Morgan fingerprint density at radius 2 is 1.79 bits per heavy atom. The van der Waals surface area contributed by atoms with E-state index in [0.717, 1.165) is 42.8 Å². The van der Waals surface area contributed by atoms with Crippen molar-refractivity contribution in [1.29, 1.82) is 5.26 Å². The highest BCUT2D eigenvalue weighted by atomic mass is 32.2. The van der Waals surface area contributed by atoms with Crippen molar-refractivity contribution in [3.8, 4) is 11.8 Å². The van der Waals surface area contributed by atoms with E-state index < -0.39 is 9.84 Å². The third kappa shape index (κ3) is 5.43. The summed E-state index contributed by atoms with van der Waals surface area (Å²) in [6.45, 7) is 2.30. The number of aliphatic hydroxyl groups is 1. The first kappa shape index (κ1) is 24.6. The number of aryl methyl sites for hydroxylation is 1. The number of rotatable bonds is 9. The zero-order valence-corrected chi connectivity index (χ0v) is 20.7. The van der Waals surface area contributed by atoms with Crippen LogP contribution >= 0.6 is 0 Å². The largest absolute Gasteiger partial charge is 0.393 e. The second-order valence-corrected chi connectivity index (χ2v) is 12.1. The van der Waals surface area contributed by atoms with Crippen LogP contribution in [0.4, 0.5) is 0 Å². The van der Waals surface area contributed by atoms with Crippen LogP contribution in [0.25, 0.3) is 5.69 Å². The van der Waals surface area contributed by atoms with Gasteiger partial charge in [-0.25, -0.2) is 8.42 Å². The van der Waals surface area contributed by atoms with Gasteiger partial charge in [0.2, 0.25) is 0 Å². The third-order valence-electron chi connectivity index (χ3n) is 7.26. The number of hydrogen-bond acceptors (Lipinski definition) is 6. The normalized spacial score (nSPS) is 22.6. The predicted molar refractivity (Wildman–Crippen MR) is 131 cm³/mol. The first-order chi connectivity index (χ1) is 16.2. The smallest absolute Gasteiger partial charge is 0.178 e. The van der Waals surface area contributed by atoms with Gasteiger partial charge < -0.3 is 9.67 Å². The molecule has 0 aliphatic carbocycles. The topological polar surface area (TPSA) is 103 Å². The standard InChI is InChI=1S/C26H33N3O4S/c1-18-25(26(31)17-28-21-10-11-22(28)14-24(30)13-21)15-23(5-3-4-12-34(2,32)33)29(18)20-8-6-19(16-27)7-9-20/h6-9,15,21-22,24,30H,3-5,10-14,17H2,1-2H3/t21-,22-/m1/s1. The Morgan fingerprint density at radius 1 is 1.15 bits per heavy atom. The number of ketones is 1. The average molecular weight is 484 g/mol. The molecule has 2 bridgehead atoms. The van der Waals surface area contributed by atoms with Gasteiger partial charge in [-0.3, -0.25) is 9.69 Å². The zero-order valence-electron chi connectivity index (χ0n) is 19.9. The lowest BCUT2D eigenvalue weighted by Gasteiger charge is -2.36. The number of sulfone groups is 1. The van der Waals surface area contributed by atoms with Gasteiger partial charge >= 0.3 is 0 Å². The number of carbonyl (C=O) groups excluding carboxylic acids is 1. The molecule has 1 N–H and O–H groups in total. The quantitative estimate of drug-likeness (QED) is 0.434. The molecule has 0 radical (unpaired) electrons. The monoisotopic (exact) mass is 483 g/mol. The van der Waals surface area contributed by atoms with Crippen LogP contribution in [0, 0.1) is 18.3 Å². The Hall–Kier alpha value is -2.47. The predicted octanol–water partition coefficient (Wildman–Crippen LogP) is 3.20. The van der Waals surface area contributed by atoms with E-state index in [1.807, 2.05) is 25.1 Å². The molecule has 0 amide bonds. The average Bonchev–Trinajstić information content (AvgIpc) is 3.23. The van der Waals surface area contributed by atoms with E-state index in [-0.39, 0.29) is 29.7 Å². The summed E-state index contributed by atoms with van der Waals surface area (Å²) in [6.07, 6.45) is 6.46. The van der Waals surface area contributed by atoms with Gasteiger partial charge in [0, 0.05) is 46.7 Å². The second kappa shape index (κ2) is 10.0. The van der Waals surface area contributed by atoms with Crippen LogP contribution in [0.1, 0.15) is 65.8 Å². The number of unbranched alkanes of at least 4 members (excludes halogenated alkanes) is 1. The lowest BCUT2D eigenvalue weighted by atomic mass is 9.99. The van der Waals surface area contributed by atoms with E-state index in [0.29, 0.717) is 36.9 Å². The molecule has 2 fully saturated rings. The molecule has 1 aromatic heterocycles. The summed E-state index contributed by atoms with van der Waals surface area (Å²) in [6, 6.07) is 11.9. The van der Waals surface area contributed by atoms with Gasteiger partial charge in [-0.15, -0.1) is 0 Å². The molecule has 1 aromatic carbocycles. The van der Waals surface area contributed by atoms with Crippen molar-refractivity contribution >= 4 is 15.6 Å². The molecule has 8 heteroatoms. The Bertz CT molecular complexity index is 1180. The van der Waals surface area contributed by atoms with Crippen LogP contribution in [0.2, 0.25) is 0 Å². The van der Waals surface area contributed by atoms with Gasteiger partial charge in [0.15, 0.2) is 5.78 Å². The van der Waals surface area contributed by atoms with Crippen molar-refractivity contribution in [1.82, 2.24) is 9.47 Å². The van der Waals surface area contributed by atoms with E-state index in [1.54, 1.807) is 12.1 Å². The minimum Gasteiger partial charge on any atom is -0.393 e. The van der Waals surface area contributed by atoms with Gasteiger partial charge in [-0.05, 0) is 82.2 Å². The summed E-state index contributed by atoms with van der Waals surface area (Å²) in [5.74, 6) is 0.231. The molecular formula is C26H33N3O4S. The van der Waals surface area contributed by atoms with Crippen LogP contribution in [0.15, 0.2) is 30.3 Å². The summed E-state index contributed by atoms with van der Waals surface area (Å²) >= 11 is 0. The number of benzene rings is 1. The number of nitriles is 1. The number of piperidine rings is 1. The van der Waals surface area contributed by atoms with Gasteiger partial charge in [0.25, 0.3) is 0 Å².